The second kappa shape index (κ2) is 9.80. The number of aromatic nitrogens is 2. The minimum absolute atomic E-state index is 0.540. The van der Waals surface area contributed by atoms with E-state index in [-0.39, 0.29) is 0 Å². The summed E-state index contributed by atoms with van der Waals surface area (Å²) in [6.45, 7) is 2.07. The van der Waals surface area contributed by atoms with E-state index in [1.165, 1.54) is 16.9 Å². The minimum Gasteiger partial charge on any atom is -0.493 e. The third kappa shape index (κ3) is 4.44. The number of ether oxygens (including phenoxy) is 3. The Hall–Kier alpha value is -3.43. The fourth-order valence-electron chi connectivity index (χ4n) is 3.07. The molecular formula is C23H22N4O3S2. The second-order valence-electron chi connectivity index (χ2n) is 6.66. The lowest BCUT2D eigenvalue weighted by molar-refractivity contribution is 0.324. The highest BCUT2D eigenvalue weighted by molar-refractivity contribution is 7.11. The van der Waals surface area contributed by atoms with Crippen LogP contribution in [0.5, 0.6) is 17.2 Å². The van der Waals surface area contributed by atoms with Crippen molar-refractivity contribution in [2.75, 3.05) is 21.3 Å². The SMILES string of the molecule is COc1cc(-c2csc(=Nc3cccnc3)n2N=Cc2sccc2C)cc(OC)c1OC. The Morgan fingerprint density at radius 3 is 2.41 bits per heavy atom. The highest BCUT2D eigenvalue weighted by Crippen LogP contribution is 2.41. The van der Waals surface area contributed by atoms with E-state index in [0.717, 1.165) is 21.8 Å². The molecule has 0 spiro atoms. The van der Waals surface area contributed by atoms with Gasteiger partial charge in [-0.15, -0.1) is 22.7 Å². The van der Waals surface area contributed by atoms with Crippen LogP contribution >= 0.6 is 22.7 Å². The van der Waals surface area contributed by atoms with Gasteiger partial charge in [-0.05, 0) is 48.2 Å². The number of rotatable bonds is 7. The molecule has 0 fully saturated rings. The first kappa shape index (κ1) is 21.8. The molecule has 1 aromatic carbocycles. The molecular weight excluding hydrogens is 444 g/mol. The molecule has 9 heteroatoms. The molecule has 164 valence electrons. The van der Waals surface area contributed by atoms with Gasteiger partial charge in [0.1, 0.15) is 0 Å². The molecule has 0 aliphatic heterocycles. The van der Waals surface area contributed by atoms with E-state index >= 15 is 0 Å². The Labute approximate surface area is 193 Å². The van der Waals surface area contributed by atoms with Crippen LogP contribution in [0.15, 0.2) is 63.6 Å². The van der Waals surface area contributed by atoms with Gasteiger partial charge in [0, 0.05) is 17.1 Å². The number of benzene rings is 1. The molecule has 4 aromatic rings. The number of thiophene rings is 1. The summed E-state index contributed by atoms with van der Waals surface area (Å²) in [6.07, 6.45) is 5.30. The van der Waals surface area contributed by atoms with Gasteiger partial charge in [0.25, 0.3) is 0 Å². The monoisotopic (exact) mass is 466 g/mol. The van der Waals surface area contributed by atoms with E-state index in [1.807, 2.05) is 40.5 Å². The van der Waals surface area contributed by atoms with Crippen molar-refractivity contribution in [2.24, 2.45) is 10.1 Å². The lowest BCUT2D eigenvalue weighted by atomic mass is 10.1. The number of hydrogen-bond donors (Lipinski definition) is 0. The van der Waals surface area contributed by atoms with Gasteiger partial charge in [-0.1, -0.05) is 0 Å². The number of nitrogens with zero attached hydrogens (tertiary/aromatic N) is 4. The van der Waals surface area contributed by atoms with E-state index < -0.39 is 0 Å². The zero-order valence-electron chi connectivity index (χ0n) is 18.1. The third-order valence-electron chi connectivity index (χ3n) is 4.71. The molecule has 32 heavy (non-hydrogen) atoms. The summed E-state index contributed by atoms with van der Waals surface area (Å²) in [7, 11) is 4.79. The average molecular weight is 467 g/mol. The van der Waals surface area contributed by atoms with E-state index in [2.05, 4.69) is 23.4 Å². The van der Waals surface area contributed by atoms with Crippen LogP contribution in [0.4, 0.5) is 5.69 Å². The van der Waals surface area contributed by atoms with Gasteiger partial charge in [-0.2, -0.15) is 5.10 Å². The van der Waals surface area contributed by atoms with Crippen LogP contribution in [0, 0.1) is 6.92 Å². The predicted octanol–water partition coefficient (Wildman–Crippen LogP) is 5.12. The normalized spacial score (nSPS) is 11.8. The zero-order valence-corrected chi connectivity index (χ0v) is 19.7. The smallest absolute Gasteiger partial charge is 0.211 e. The highest BCUT2D eigenvalue weighted by Gasteiger charge is 2.17. The fourth-order valence-corrected chi connectivity index (χ4v) is 4.71. The topological polar surface area (TPSA) is 70.2 Å². The van der Waals surface area contributed by atoms with Crippen molar-refractivity contribution in [1.29, 1.82) is 0 Å². The summed E-state index contributed by atoms with van der Waals surface area (Å²) >= 11 is 3.13. The molecule has 3 heterocycles. The first-order chi connectivity index (χ1) is 15.6. The number of methoxy groups -OCH3 is 3. The summed E-state index contributed by atoms with van der Waals surface area (Å²) in [5.74, 6) is 1.69. The fraction of sp³-hybridized carbons (Fsp3) is 0.174. The molecule has 3 aromatic heterocycles. The first-order valence-electron chi connectivity index (χ1n) is 9.68. The molecule has 0 radical (unpaired) electrons. The van der Waals surface area contributed by atoms with Crippen molar-refractivity contribution < 1.29 is 14.2 Å². The van der Waals surface area contributed by atoms with Crippen LogP contribution in [0.3, 0.4) is 0 Å². The van der Waals surface area contributed by atoms with Crippen LogP contribution in [-0.4, -0.2) is 37.2 Å². The molecule has 0 N–H and O–H groups in total. The van der Waals surface area contributed by atoms with Gasteiger partial charge in [0.2, 0.25) is 10.6 Å². The maximum Gasteiger partial charge on any atom is 0.211 e. The quantitative estimate of drug-likeness (QED) is 0.355. The number of hydrogen-bond acceptors (Lipinski definition) is 8. The van der Waals surface area contributed by atoms with E-state index in [1.54, 1.807) is 45.1 Å². The molecule has 0 saturated heterocycles. The molecule has 0 aliphatic carbocycles. The molecule has 0 unspecified atom stereocenters. The van der Waals surface area contributed by atoms with Crippen molar-refractivity contribution >= 4 is 34.6 Å². The van der Waals surface area contributed by atoms with Crippen LogP contribution in [0.1, 0.15) is 10.4 Å². The summed E-state index contributed by atoms with van der Waals surface area (Å²) < 4.78 is 18.4. The Kier molecular flexibility index (Phi) is 6.67. The summed E-state index contributed by atoms with van der Waals surface area (Å²) in [5, 5.41) is 8.84. The Bertz CT molecular complexity index is 1280. The molecule has 0 atom stereocenters. The third-order valence-corrected chi connectivity index (χ3v) is 6.48. The first-order valence-corrected chi connectivity index (χ1v) is 11.4. The van der Waals surface area contributed by atoms with Crippen molar-refractivity contribution in [3.63, 3.8) is 0 Å². The van der Waals surface area contributed by atoms with Crippen molar-refractivity contribution in [1.82, 2.24) is 9.66 Å². The number of pyridine rings is 1. The Morgan fingerprint density at radius 2 is 1.81 bits per heavy atom. The second-order valence-corrected chi connectivity index (χ2v) is 8.45. The van der Waals surface area contributed by atoms with Crippen molar-refractivity contribution in [3.8, 4) is 28.5 Å². The largest absolute Gasteiger partial charge is 0.493 e. The minimum atomic E-state index is 0.540. The average Bonchev–Trinajstić information content (AvgIpc) is 3.42. The number of aryl methyl sites for hydroxylation is 1. The molecule has 0 bridgehead atoms. The molecule has 0 aliphatic rings. The van der Waals surface area contributed by atoms with Gasteiger partial charge in [-0.25, -0.2) is 9.67 Å². The predicted molar refractivity (Wildman–Crippen MR) is 129 cm³/mol. The Balaban J connectivity index is 1.90. The molecule has 0 amide bonds. The van der Waals surface area contributed by atoms with E-state index in [9.17, 15) is 0 Å². The summed E-state index contributed by atoms with van der Waals surface area (Å²) in [6, 6.07) is 9.64. The zero-order chi connectivity index (χ0) is 22.5. The van der Waals surface area contributed by atoms with E-state index in [0.29, 0.717) is 22.0 Å². The van der Waals surface area contributed by atoms with Crippen molar-refractivity contribution in [2.45, 2.75) is 6.92 Å². The summed E-state index contributed by atoms with van der Waals surface area (Å²) in [4.78, 5) is 10.7. The van der Waals surface area contributed by atoms with Crippen LogP contribution in [-0.2, 0) is 0 Å². The summed E-state index contributed by atoms with van der Waals surface area (Å²) in [5.41, 5.74) is 3.64. The van der Waals surface area contributed by atoms with Crippen LogP contribution in [0.2, 0.25) is 0 Å². The Morgan fingerprint density at radius 1 is 1.03 bits per heavy atom. The number of thiazole rings is 1. The van der Waals surface area contributed by atoms with Gasteiger partial charge < -0.3 is 14.2 Å². The van der Waals surface area contributed by atoms with Gasteiger partial charge in [0.15, 0.2) is 11.5 Å². The highest BCUT2D eigenvalue weighted by atomic mass is 32.1. The maximum atomic E-state index is 5.54. The van der Waals surface area contributed by atoms with Gasteiger partial charge >= 0.3 is 0 Å². The molecule has 0 saturated carbocycles. The van der Waals surface area contributed by atoms with Gasteiger partial charge in [0.05, 0.1) is 50.0 Å². The van der Waals surface area contributed by atoms with Gasteiger partial charge in [-0.3, -0.25) is 4.98 Å². The maximum absolute atomic E-state index is 5.54. The molecule has 4 rings (SSSR count). The standard InChI is InChI=1S/C23H22N4O3S2/c1-15-7-9-31-21(15)13-25-27-18(14-32-23(27)26-17-6-5-8-24-12-17)16-10-19(28-2)22(30-4)20(11-16)29-3/h5-14H,1-4H3. The van der Waals surface area contributed by atoms with E-state index in [4.69, 9.17) is 24.3 Å². The van der Waals surface area contributed by atoms with Crippen LogP contribution in [0.25, 0.3) is 11.3 Å². The molecule has 7 nitrogen and oxygen atoms in total. The van der Waals surface area contributed by atoms with Crippen LogP contribution < -0.4 is 19.0 Å². The lowest BCUT2D eigenvalue weighted by Crippen LogP contribution is -2.11. The lowest BCUT2D eigenvalue weighted by Gasteiger charge is -2.14. The van der Waals surface area contributed by atoms with Crippen molar-refractivity contribution in [3.05, 3.63) is 68.7 Å².